The Labute approximate surface area is 161 Å². The summed E-state index contributed by atoms with van der Waals surface area (Å²) in [5, 5.41) is 12.1. The average Bonchev–Trinajstić information content (AvgIpc) is 3.18. The normalized spacial score (nSPS) is 12.8. The highest BCUT2D eigenvalue weighted by molar-refractivity contribution is 7.89. The molecular formula is C18H19FN4O4S. The summed E-state index contributed by atoms with van der Waals surface area (Å²) in [5.41, 5.74) is 2.19. The second-order valence-electron chi connectivity index (χ2n) is 6.34. The number of furan rings is 1. The maximum Gasteiger partial charge on any atom is 0.287 e. The topological polar surface area (TPSA) is 120 Å². The van der Waals surface area contributed by atoms with Gasteiger partial charge in [0.1, 0.15) is 16.5 Å². The van der Waals surface area contributed by atoms with E-state index >= 15 is 0 Å². The molecule has 1 aromatic carbocycles. The highest BCUT2D eigenvalue weighted by Gasteiger charge is 2.23. The van der Waals surface area contributed by atoms with Crippen molar-refractivity contribution in [1.29, 1.82) is 0 Å². The minimum absolute atomic E-state index is 0.0422. The van der Waals surface area contributed by atoms with Crippen molar-refractivity contribution in [2.75, 3.05) is 0 Å². The number of nitrogens with one attached hydrogen (secondary N) is 1. The molecule has 2 heterocycles. The molecule has 0 radical (unpaired) electrons. The SMILES string of the molecule is Cc1oc(C(=O)N[C@@H](C)c2cnn(-c3ccc(F)cc3)c2C)cc1S(N)(=O)=O. The molecule has 1 amide bonds. The van der Waals surface area contributed by atoms with E-state index in [-0.39, 0.29) is 22.2 Å². The van der Waals surface area contributed by atoms with Crippen molar-refractivity contribution in [3.8, 4) is 5.69 Å². The van der Waals surface area contributed by atoms with Gasteiger partial charge in [-0.3, -0.25) is 4.79 Å². The molecule has 0 aliphatic heterocycles. The number of aromatic nitrogens is 2. The van der Waals surface area contributed by atoms with Gasteiger partial charge in [0.25, 0.3) is 5.91 Å². The molecule has 0 spiro atoms. The van der Waals surface area contributed by atoms with Gasteiger partial charge in [0.15, 0.2) is 5.76 Å². The van der Waals surface area contributed by atoms with Crippen molar-refractivity contribution < 1.29 is 22.0 Å². The first kappa shape index (κ1) is 19.8. The molecule has 0 saturated carbocycles. The van der Waals surface area contributed by atoms with Gasteiger partial charge in [0, 0.05) is 17.3 Å². The number of nitrogens with two attached hydrogens (primary N) is 1. The first-order valence-electron chi connectivity index (χ1n) is 8.32. The van der Waals surface area contributed by atoms with Gasteiger partial charge in [-0.05, 0) is 45.0 Å². The van der Waals surface area contributed by atoms with Gasteiger partial charge >= 0.3 is 0 Å². The summed E-state index contributed by atoms with van der Waals surface area (Å²) in [6.45, 7) is 4.99. The molecule has 0 saturated heterocycles. The number of aryl methyl sites for hydroxylation is 1. The van der Waals surface area contributed by atoms with Gasteiger partial charge in [0.05, 0.1) is 17.9 Å². The van der Waals surface area contributed by atoms with E-state index in [9.17, 15) is 17.6 Å². The number of benzene rings is 1. The largest absolute Gasteiger partial charge is 0.455 e. The van der Waals surface area contributed by atoms with Gasteiger partial charge in [-0.1, -0.05) is 0 Å². The van der Waals surface area contributed by atoms with Gasteiger partial charge in [-0.25, -0.2) is 22.6 Å². The van der Waals surface area contributed by atoms with E-state index in [0.717, 1.165) is 17.3 Å². The van der Waals surface area contributed by atoms with Crippen LogP contribution in [0, 0.1) is 19.7 Å². The van der Waals surface area contributed by atoms with Crippen LogP contribution < -0.4 is 10.5 Å². The smallest absolute Gasteiger partial charge is 0.287 e. The van der Waals surface area contributed by atoms with Gasteiger partial charge in [0.2, 0.25) is 10.0 Å². The fraction of sp³-hybridized carbons (Fsp3) is 0.222. The third-order valence-corrected chi connectivity index (χ3v) is 5.35. The number of sulfonamides is 1. The van der Waals surface area contributed by atoms with E-state index in [1.807, 2.05) is 6.92 Å². The Morgan fingerprint density at radius 1 is 1.29 bits per heavy atom. The lowest BCUT2D eigenvalue weighted by Crippen LogP contribution is -2.26. The summed E-state index contributed by atoms with van der Waals surface area (Å²) in [7, 11) is -3.98. The summed E-state index contributed by atoms with van der Waals surface area (Å²) >= 11 is 0. The molecule has 2 aromatic heterocycles. The maximum atomic E-state index is 13.1. The number of rotatable bonds is 5. The molecule has 1 atom stereocenters. The summed E-state index contributed by atoms with van der Waals surface area (Å²) in [4.78, 5) is 12.2. The first-order valence-corrected chi connectivity index (χ1v) is 9.87. The number of carbonyl (C=O) groups excluding carboxylic acids is 1. The van der Waals surface area contributed by atoms with Crippen LogP contribution >= 0.6 is 0 Å². The maximum absolute atomic E-state index is 13.1. The second kappa shape index (κ2) is 7.21. The Bertz CT molecular complexity index is 1130. The van der Waals surface area contributed by atoms with Gasteiger partial charge in [-0.15, -0.1) is 0 Å². The van der Waals surface area contributed by atoms with Crippen LogP contribution in [0.3, 0.4) is 0 Å². The van der Waals surface area contributed by atoms with Crippen LogP contribution in [-0.4, -0.2) is 24.1 Å². The predicted octanol–water partition coefficient (Wildman–Crippen LogP) is 2.36. The van der Waals surface area contributed by atoms with E-state index in [1.54, 1.807) is 29.9 Å². The lowest BCUT2D eigenvalue weighted by Gasteiger charge is -2.13. The molecule has 0 aliphatic rings. The monoisotopic (exact) mass is 406 g/mol. The standard InChI is InChI=1S/C18H19FN4O4S/c1-10(22-18(24)16-8-17(12(3)27-16)28(20,25)26)15-9-21-23(11(15)2)14-6-4-13(19)5-7-14/h4-10H,1-3H3,(H,22,24)(H2,20,25,26)/t10-/m0/s1. The molecule has 8 nitrogen and oxygen atoms in total. The predicted molar refractivity (Wildman–Crippen MR) is 99.0 cm³/mol. The van der Waals surface area contributed by atoms with Crippen LogP contribution in [0.2, 0.25) is 0 Å². The van der Waals surface area contributed by atoms with Crippen LogP contribution in [0.25, 0.3) is 5.69 Å². The Morgan fingerprint density at radius 2 is 1.93 bits per heavy atom. The van der Waals surface area contributed by atoms with E-state index in [1.165, 1.54) is 19.1 Å². The Hall–Kier alpha value is -2.98. The molecule has 3 rings (SSSR count). The van der Waals surface area contributed by atoms with Crippen molar-refractivity contribution in [3.63, 3.8) is 0 Å². The fourth-order valence-corrected chi connectivity index (χ4v) is 3.61. The molecule has 148 valence electrons. The Balaban J connectivity index is 1.81. The minimum Gasteiger partial charge on any atom is -0.455 e. The zero-order valence-electron chi connectivity index (χ0n) is 15.4. The number of halogens is 1. The lowest BCUT2D eigenvalue weighted by atomic mass is 10.1. The highest BCUT2D eigenvalue weighted by Crippen LogP contribution is 2.22. The summed E-state index contributed by atoms with van der Waals surface area (Å²) < 4.78 is 43.0. The van der Waals surface area contributed by atoms with E-state index in [0.29, 0.717) is 5.69 Å². The number of nitrogens with zero attached hydrogens (tertiary/aromatic N) is 2. The number of primary sulfonamides is 1. The number of amides is 1. The zero-order valence-corrected chi connectivity index (χ0v) is 16.2. The number of carbonyl (C=O) groups is 1. The van der Waals surface area contributed by atoms with Crippen LogP contribution in [0.5, 0.6) is 0 Å². The molecular weight excluding hydrogens is 387 g/mol. The zero-order chi connectivity index (χ0) is 20.6. The molecule has 0 aliphatic carbocycles. The highest BCUT2D eigenvalue weighted by atomic mass is 32.2. The summed E-state index contributed by atoms with van der Waals surface area (Å²) in [6.07, 6.45) is 1.60. The van der Waals surface area contributed by atoms with Crippen LogP contribution in [0.4, 0.5) is 4.39 Å². The molecule has 0 unspecified atom stereocenters. The van der Waals surface area contributed by atoms with Crippen molar-refractivity contribution in [2.24, 2.45) is 5.14 Å². The number of hydrogen-bond acceptors (Lipinski definition) is 5. The molecule has 10 heteroatoms. The molecule has 0 fully saturated rings. The molecule has 3 aromatic rings. The van der Waals surface area contributed by atoms with Gasteiger partial charge in [-0.2, -0.15) is 5.10 Å². The van der Waals surface area contributed by atoms with Gasteiger partial charge < -0.3 is 9.73 Å². The average molecular weight is 406 g/mol. The van der Waals surface area contributed by atoms with Crippen LogP contribution in [0.1, 0.15) is 40.5 Å². The fourth-order valence-electron chi connectivity index (χ4n) is 2.90. The summed E-state index contributed by atoms with van der Waals surface area (Å²) in [6, 6.07) is 6.53. The van der Waals surface area contributed by atoms with Crippen molar-refractivity contribution in [3.05, 3.63) is 65.1 Å². The van der Waals surface area contributed by atoms with E-state index in [4.69, 9.17) is 9.56 Å². The molecule has 3 N–H and O–H groups in total. The van der Waals surface area contributed by atoms with Crippen molar-refractivity contribution >= 4 is 15.9 Å². The van der Waals surface area contributed by atoms with Crippen molar-refractivity contribution in [1.82, 2.24) is 15.1 Å². The first-order chi connectivity index (χ1) is 13.1. The van der Waals surface area contributed by atoms with Crippen molar-refractivity contribution in [2.45, 2.75) is 31.7 Å². The number of hydrogen-bond donors (Lipinski definition) is 2. The Kier molecular flexibility index (Phi) is 5.09. The molecule has 28 heavy (non-hydrogen) atoms. The lowest BCUT2D eigenvalue weighted by molar-refractivity contribution is 0.0910. The quantitative estimate of drug-likeness (QED) is 0.674. The second-order valence-corrected chi connectivity index (χ2v) is 7.87. The van der Waals surface area contributed by atoms with E-state index < -0.39 is 22.0 Å². The minimum atomic E-state index is -3.98. The summed E-state index contributed by atoms with van der Waals surface area (Å²) in [5.74, 6) is -1.04. The molecule has 0 bridgehead atoms. The third-order valence-electron chi connectivity index (χ3n) is 4.34. The third kappa shape index (κ3) is 3.82. The van der Waals surface area contributed by atoms with Crippen LogP contribution in [-0.2, 0) is 10.0 Å². The van der Waals surface area contributed by atoms with E-state index in [2.05, 4.69) is 10.4 Å². The Morgan fingerprint density at radius 3 is 2.50 bits per heavy atom. The van der Waals surface area contributed by atoms with Crippen LogP contribution in [0.15, 0.2) is 45.8 Å².